The van der Waals surface area contributed by atoms with E-state index in [9.17, 15) is 28.9 Å². The summed E-state index contributed by atoms with van der Waals surface area (Å²) >= 11 is 0. The molecule has 0 fully saturated rings. The van der Waals surface area contributed by atoms with Crippen molar-refractivity contribution in [2.75, 3.05) is 26.4 Å². The number of phosphoric acid groups is 1. The molecule has 0 spiro atoms. The Morgan fingerprint density at radius 3 is 1.07 bits per heavy atom. The molecular formula is C64H113O11P. The highest BCUT2D eigenvalue weighted by atomic mass is 31.2. The van der Waals surface area contributed by atoms with Gasteiger partial charge in [0.1, 0.15) is 12.7 Å². The highest BCUT2D eigenvalue weighted by Gasteiger charge is 2.28. The summed E-state index contributed by atoms with van der Waals surface area (Å²) in [6.45, 7) is 4.51. The van der Waals surface area contributed by atoms with E-state index < -0.39 is 57.8 Å². The Kier molecular flexibility index (Phi) is 55.7. The summed E-state index contributed by atoms with van der Waals surface area (Å²) in [5, 5.41) is 9.83. The third kappa shape index (κ3) is 55.7. The Morgan fingerprint density at radius 2 is 0.684 bits per heavy atom. The first-order chi connectivity index (χ1) is 37.2. The first-order valence-electron chi connectivity index (χ1n) is 30.8. The van der Waals surface area contributed by atoms with Crippen molar-refractivity contribution in [3.05, 3.63) is 72.9 Å². The van der Waals surface area contributed by atoms with Crippen LogP contribution in [0.1, 0.15) is 278 Å². The molecule has 0 bridgehead atoms. The van der Waals surface area contributed by atoms with E-state index in [0.29, 0.717) is 19.3 Å². The predicted molar refractivity (Wildman–Crippen MR) is 316 cm³/mol. The van der Waals surface area contributed by atoms with E-state index in [2.05, 4.69) is 93.7 Å². The number of rotatable bonds is 57. The third-order valence-corrected chi connectivity index (χ3v) is 14.0. The normalized spacial score (nSPS) is 13.8. The average molecular weight is 1090 g/mol. The van der Waals surface area contributed by atoms with Gasteiger partial charge in [0.25, 0.3) is 0 Å². The number of aliphatic hydroxyl groups is 1. The van der Waals surface area contributed by atoms with Gasteiger partial charge in [-0.25, -0.2) is 4.57 Å². The second-order valence-corrected chi connectivity index (χ2v) is 21.9. The molecule has 0 amide bonds. The van der Waals surface area contributed by atoms with Gasteiger partial charge in [0.05, 0.1) is 19.8 Å². The van der Waals surface area contributed by atoms with Gasteiger partial charge in [-0.1, -0.05) is 222 Å². The van der Waals surface area contributed by atoms with E-state index >= 15 is 0 Å². The quantitative estimate of drug-likeness (QED) is 0.0197. The Hall–Kier alpha value is -3.08. The maximum Gasteiger partial charge on any atom is 0.472 e. The van der Waals surface area contributed by atoms with Crippen molar-refractivity contribution in [3.63, 3.8) is 0 Å². The number of hydrogen-bond acceptors (Lipinski definition) is 10. The Morgan fingerprint density at radius 1 is 0.382 bits per heavy atom. The zero-order valence-electron chi connectivity index (χ0n) is 48.7. The maximum atomic E-state index is 12.9. The first kappa shape index (κ1) is 72.9. The number of ether oxygens (including phenoxy) is 3. The fraction of sp³-hybridized carbons (Fsp3) is 0.766. The lowest BCUT2D eigenvalue weighted by Crippen LogP contribution is -2.30. The third-order valence-electron chi connectivity index (χ3n) is 13.1. The molecular weight excluding hydrogens is 976 g/mol. The Balaban J connectivity index is 4.75. The number of allylic oxidation sites excluding steroid dienone is 12. The molecule has 2 N–H and O–H groups in total. The van der Waals surface area contributed by atoms with E-state index in [-0.39, 0.29) is 25.9 Å². The van der Waals surface area contributed by atoms with Gasteiger partial charge >= 0.3 is 25.7 Å². The van der Waals surface area contributed by atoms with Crippen LogP contribution in [-0.2, 0) is 42.2 Å². The van der Waals surface area contributed by atoms with Crippen LogP contribution in [0.2, 0.25) is 0 Å². The summed E-state index contributed by atoms with van der Waals surface area (Å²) in [4.78, 5) is 48.7. The van der Waals surface area contributed by atoms with Gasteiger partial charge in [-0.15, -0.1) is 0 Å². The molecule has 0 heterocycles. The highest BCUT2D eigenvalue weighted by molar-refractivity contribution is 7.47. The van der Waals surface area contributed by atoms with E-state index in [1.165, 1.54) is 77.0 Å². The number of carbonyl (C=O) groups is 3. The molecule has 3 unspecified atom stereocenters. The number of phosphoric ester groups is 1. The number of unbranched alkanes of at least 4 members (excludes halogenated alkanes) is 28. The molecule has 0 radical (unpaired) electrons. The van der Waals surface area contributed by atoms with Crippen molar-refractivity contribution in [1.82, 2.24) is 0 Å². The van der Waals surface area contributed by atoms with Crippen molar-refractivity contribution >= 4 is 25.7 Å². The zero-order chi connectivity index (χ0) is 55.5. The van der Waals surface area contributed by atoms with Crippen molar-refractivity contribution in [1.29, 1.82) is 0 Å². The number of carbonyl (C=O) groups excluding carboxylic acids is 3. The smallest absolute Gasteiger partial charge is 0.462 e. The molecule has 0 aliphatic heterocycles. The van der Waals surface area contributed by atoms with Crippen LogP contribution in [0.15, 0.2) is 72.9 Å². The summed E-state index contributed by atoms with van der Waals surface area (Å²) in [7, 11) is -4.76. The molecule has 0 aromatic carbocycles. The van der Waals surface area contributed by atoms with E-state index in [4.69, 9.17) is 23.3 Å². The molecule has 0 saturated carbocycles. The lowest BCUT2D eigenvalue weighted by molar-refractivity contribution is -0.161. The van der Waals surface area contributed by atoms with Crippen LogP contribution >= 0.6 is 7.82 Å². The molecule has 76 heavy (non-hydrogen) atoms. The van der Waals surface area contributed by atoms with Gasteiger partial charge in [0.2, 0.25) is 0 Å². The minimum absolute atomic E-state index is 0.148. The average Bonchev–Trinajstić information content (AvgIpc) is 3.41. The molecule has 0 aromatic heterocycles. The van der Waals surface area contributed by atoms with Gasteiger partial charge in [0, 0.05) is 19.3 Å². The standard InChI is InChI=1S/C64H113O11P/c1-4-7-10-13-16-19-22-25-28-29-30-31-34-37-40-43-46-49-52-55-64(68)75-61(57-71-62(66)53-50-47-44-41-38-35-32-26-23-20-17-14-11-8-5-2)59-73-76(69,70)72-58-60(56-65)74-63(67)54-51-48-45-42-39-36-33-27-24-21-18-15-12-9-6-3/h7,10,16,19,25-28,30-33,60-61,65H,4-6,8-9,11-15,17-18,20-24,29,34-59H2,1-3H3,(H,69,70)/b10-7-,19-16-,28-25-,31-30-,32-26-,33-27-. The van der Waals surface area contributed by atoms with Gasteiger partial charge in [-0.2, -0.15) is 0 Å². The van der Waals surface area contributed by atoms with Crippen LogP contribution in [0.5, 0.6) is 0 Å². The lowest BCUT2D eigenvalue weighted by Gasteiger charge is -2.21. The van der Waals surface area contributed by atoms with Gasteiger partial charge < -0.3 is 24.2 Å². The lowest BCUT2D eigenvalue weighted by atomic mass is 10.1. The summed E-state index contributed by atoms with van der Waals surface area (Å²) in [5.41, 5.74) is 0. The largest absolute Gasteiger partial charge is 0.472 e. The van der Waals surface area contributed by atoms with Crippen molar-refractivity contribution in [2.24, 2.45) is 0 Å². The molecule has 0 aromatic rings. The summed E-state index contributed by atoms with van der Waals surface area (Å²) in [5.74, 6) is -1.49. The Labute approximate surface area is 465 Å². The second kappa shape index (κ2) is 58.1. The van der Waals surface area contributed by atoms with Crippen LogP contribution in [0, 0.1) is 0 Å². The van der Waals surface area contributed by atoms with Crippen LogP contribution in [0.25, 0.3) is 0 Å². The van der Waals surface area contributed by atoms with Crippen LogP contribution in [0.3, 0.4) is 0 Å². The highest BCUT2D eigenvalue weighted by Crippen LogP contribution is 2.43. The molecule has 0 aliphatic rings. The van der Waals surface area contributed by atoms with E-state index in [1.807, 2.05) is 0 Å². The maximum absolute atomic E-state index is 12.9. The monoisotopic (exact) mass is 1090 g/mol. The SMILES string of the molecule is CC/C=C\C/C=C\C/C=C\C/C=C\CCCCCCCCC(=O)OC(COC(=O)CCCCCCC/C=C\CCCCCCCC)COP(=O)(O)OCC(CO)OC(=O)CCCCCCC/C=C\CCCCCCCC. The van der Waals surface area contributed by atoms with E-state index in [1.54, 1.807) is 0 Å². The second-order valence-electron chi connectivity index (χ2n) is 20.5. The predicted octanol–water partition coefficient (Wildman–Crippen LogP) is 18.5. The minimum Gasteiger partial charge on any atom is -0.462 e. The zero-order valence-corrected chi connectivity index (χ0v) is 49.6. The minimum atomic E-state index is -4.76. The molecule has 3 atom stereocenters. The molecule has 440 valence electrons. The molecule has 11 nitrogen and oxygen atoms in total. The topological polar surface area (TPSA) is 155 Å². The first-order valence-corrected chi connectivity index (χ1v) is 32.3. The summed E-state index contributed by atoms with van der Waals surface area (Å²) in [6.07, 6.45) is 65.6. The van der Waals surface area contributed by atoms with Gasteiger partial charge in [0.15, 0.2) is 6.10 Å². The van der Waals surface area contributed by atoms with Gasteiger partial charge in [-0.3, -0.25) is 23.4 Å². The van der Waals surface area contributed by atoms with Crippen molar-refractivity contribution in [3.8, 4) is 0 Å². The van der Waals surface area contributed by atoms with Crippen molar-refractivity contribution < 1.29 is 52.2 Å². The van der Waals surface area contributed by atoms with Crippen LogP contribution < -0.4 is 0 Å². The summed E-state index contributed by atoms with van der Waals surface area (Å²) < 4.78 is 39.6. The Bertz CT molecular complexity index is 1550. The van der Waals surface area contributed by atoms with Crippen LogP contribution in [-0.4, -0.2) is 66.5 Å². The van der Waals surface area contributed by atoms with Crippen molar-refractivity contribution in [2.45, 2.75) is 290 Å². The molecule has 12 heteroatoms. The molecule has 0 saturated heterocycles. The van der Waals surface area contributed by atoms with E-state index in [0.717, 1.165) is 141 Å². The number of esters is 3. The molecule has 0 aliphatic carbocycles. The fourth-order valence-electron chi connectivity index (χ4n) is 8.40. The number of hydrogen-bond donors (Lipinski definition) is 2. The summed E-state index contributed by atoms with van der Waals surface area (Å²) in [6, 6.07) is 0. The number of aliphatic hydroxyl groups excluding tert-OH is 1. The van der Waals surface area contributed by atoms with Gasteiger partial charge in [-0.05, 0) is 109 Å². The fourth-order valence-corrected chi connectivity index (χ4v) is 9.18. The van der Waals surface area contributed by atoms with Crippen LogP contribution in [0.4, 0.5) is 0 Å². The molecule has 0 rings (SSSR count).